The highest BCUT2D eigenvalue weighted by Gasteiger charge is 2.21. The van der Waals surface area contributed by atoms with Gasteiger partial charge in [0.2, 0.25) is 0 Å². The van der Waals surface area contributed by atoms with Gasteiger partial charge in [0.15, 0.2) is 11.2 Å². The number of ether oxygens (including phenoxy) is 3. The van der Waals surface area contributed by atoms with Gasteiger partial charge in [-0.2, -0.15) is 0 Å². The molecule has 0 bridgehead atoms. The second-order valence-electron chi connectivity index (χ2n) is 7.10. The number of imidazole rings is 1. The van der Waals surface area contributed by atoms with Gasteiger partial charge in [0.25, 0.3) is 5.56 Å². The fourth-order valence-electron chi connectivity index (χ4n) is 3.73. The zero-order valence-electron chi connectivity index (χ0n) is 18.1. The molecule has 166 valence electrons. The van der Waals surface area contributed by atoms with E-state index in [0.29, 0.717) is 29.2 Å². The Hall–Kier alpha value is -3.85. The topological polar surface area (TPSA) is 89.5 Å². The molecule has 0 N–H and O–H groups in total. The summed E-state index contributed by atoms with van der Waals surface area (Å²) in [5, 5.41) is 0. The summed E-state index contributed by atoms with van der Waals surface area (Å²) in [5.74, 6) is 1.19. The molecule has 0 atom stereocenters. The summed E-state index contributed by atoms with van der Waals surface area (Å²) >= 11 is 0. The summed E-state index contributed by atoms with van der Waals surface area (Å²) in [4.78, 5) is 31.2. The number of hydrogen-bond donors (Lipinski definition) is 0. The van der Waals surface area contributed by atoms with Gasteiger partial charge in [-0.05, 0) is 18.2 Å². The largest absolute Gasteiger partial charge is 0.496 e. The van der Waals surface area contributed by atoms with E-state index >= 15 is 0 Å². The van der Waals surface area contributed by atoms with Gasteiger partial charge in [0.1, 0.15) is 11.5 Å². The molecule has 4 rings (SSSR count). The minimum atomic E-state index is -0.508. The first-order chi connectivity index (χ1) is 15.6. The van der Waals surface area contributed by atoms with Crippen molar-refractivity contribution in [3.05, 3.63) is 81.3 Å². The SMILES string of the molecule is COCCn1c(=O)c2c(ncn2Cc2ccccc2OC)n(-c2ccccc2OC)c1=O. The van der Waals surface area contributed by atoms with Crippen molar-refractivity contribution in [2.75, 3.05) is 27.9 Å². The third kappa shape index (κ3) is 3.67. The molecule has 2 aromatic heterocycles. The number of nitrogens with zero attached hydrogens (tertiary/aromatic N) is 4. The summed E-state index contributed by atoms with van der Waals surface area (Å²) in [6, 6.07) is 14.7. The van der Waals surface area contributed by atoms with Crippen molar-refractivity contribution in [1.29, 1.82) is 0 Å². The van der Waals surface area contributed by atoms with Gasteiger partial charge in [-0.25, -0.2) is 14.3 Å². The molecule has 0 aliphatic carbocycles. The highest BCUT2D eigenvalue weighted by molar-refractivity contribution is 5.73. The highest BCUT2D eigenvalue weighted by Crippen LogP contribution is 2.24. The predicted octanol–water partition coefficient (Wildman–Crippen LogP) is 2.06. The average molecular weight is 436 g/mol. The fourth-order valence-corrected chi connectivity index (χ4v) is 3.73. The molecule has 0 amide bonds. The number of benzene rings is 2. The zero-order chi connectivity index (χ0) is 22.7. The average Bonchev–Trinajstić information content (AvgIpc) is 3.23. The van der Waals surface area contributed by atoms with Crippen molar-refractivity contribution in [3.63, 3.8) is 0 Å². The Balaban J connectivity index is 2.00. The molecule has 2 heterocycles. The Labute approximate surface area is 184 Å². The quantitative estimate of drug-likeness (QED) is 0.420. The van der Waals surface area contributed by atoms with Crippen LogP contribution >= 0.6 is 0 Å². The van der Waals surface area contributed by atoms with Crippen molar-refractivity contribution in [1.82, 2.24) is 18.7 Å². The highest BCUT2D eigenvalue weighted by atomic mass is 16.5. The van der Waals surface area contributed by atoms with Gasteiger partial charge in [0.05, 0.1) is 45.9 Å². The lowest BCUT2D eigenvalue weighted by Crippen LogP contribution is -2.41. The smallest absolute Gasteiger partial charge is 0.337 e. The van der Waals surface area contributed by atoms with Gasteiger partial charge >= 0.3 is 5.69 Å². The zero-order valence-corrected chi connectivity index (χ0v) is 18.1. The van der Waals surface area contributed by atoms with Crippen LogP contribution in [-0.2, 0) is 17.8 Å². The van der Waals surface area contributed by atoms with Crippen LogP contribution in [0.4, 0.5) is 0 Å². The molecule has 0 unspecified atom stereocenters. The summed E-state index contributed by atoms with van der Waals surface area (Å²) in [6.45, 7) is 0.677. The molecule has 0 saturated heterocycles. The molecule has 32 heavy (non-hydrogen) atoms. The van der Waals surface area contributed by atoms with Gasteiger partial charge in [0, 0.05) is 12.7 Å². The van der Waals surface area contributed by atoms with E-state index in [1.807, 2.05) is 30.3 Å². The Morgan fingerprint density at radius 1 is 0.906 bits per heavy atom. The minimum Gasteiger partial charge on any atom is -0.496 e. The van der Waals surface area contributed by atoms with E-state index in [0.717, 1.165) is 5.56 Å². The van der Waals surface area contributed by atoms with Crippen LogP contribution in [0.5, 0.6) is 11.5 Å². The molecular weight excluding hydrogens is 412 g/mol. The summed E-state index contributed by atoms with van der Waals surface area (Å²) in [6.07, 6.45) is 1.56. The van der Waals surface area contributed by atoms with Crippen molar-refractivity contribution >= 4 is 11.2 Å². The summed E-state index contributed by atoms with van der Waals surface area (Å²) in [5.41, 5.74) is 1.00. The van der Waals surface area contributed by atoms with Crippen LogP contribution in [0.1, 0.15) is 5.56 Å². The van der Waals surface area contributed by atoms with Crippen molar-refractivity contribution in [2.45, 2.75) is 13.1 Å². The van der Waals surface area contributed by atoms with Crippen LogP contribution in [0.2, 0.25) is 0 Å². The van der Waals surface area contributed by atoms with E-state index < -0.39 is 11.2 Å². The maximum atomic E-state index is 13.4. The van der Waals surface area contributed by atoms with Crippen molar-refractivity contribution < 1.29 is 14.2 Å². The molecule has 9 heteroatoms. The molecule has 0 aliphatic heterocycles. The van der Waals surface area contributed by atoms with Gasteiger partial charge in [-0.15, -0.1) is 0 Å². The lowest BCUT2D eigenvalue weighted by Gasteiger charge is -2.15. The molecule has 0 spiro atoms. The molecule has 0 radical (unpaired) electrons. The Morgan fingerprint density at radius 3 is 2.31 bits per heavy atom. The number of methoxy groups -OCH3 is 3. The minimum absolute atomic E-state index is 0.110. The molecular formula is C23H24N4O5. The second-order valence-corrected chi connectivity index (χ2v) is 7.10. The maximum Gasteiger partial charge on any atom is 0.337 e. The van der Waals surface area contributed by atoms with E-state index in [1.165, 1.54) is 23.4 Å². The van der Waals surface area contributed by atoms with Gasteiger partial charge in [-0.3, -0.25) is 9.36 Å². The maximum absolute atomic E-state index is 13.4. The molecule has 9 nitrogen and oxygen atoms in total. The number of fused-ring (bicyclic) bond motifs is 1. The summed E-state index contributed by atoms with van der Waals surface area (Å²) in [7, 11) is 4.65. The molecule has 0 aliphatic rings. The van der Waals surface area contributed by atoms with Crippen LogP contribution < -0.4 is 20.7 Å². The normalized spacial score (nSPS) is 11.1. The standard InChI is InChI=1S/C23H24N4O5/c1-30-13-12-26-22(28)20-21(27(23(26)29)17-9-5-7-11-19(17)32-3)24-15-25(20)14-16-8-4-6-10-18(16)31-2/h4-11,15H,12-14H2,1-3H3. The lowest BCUT2D eigenvalue weighted by atomic mass is 10.2. The predicted molar refractivity (Wildman–Crippen MR) is 120 cm³/mol. The fraction of sp³-hybridized carbons (Fsp3) is 0.261. The van der Waals surface area contributed by atoms with Crippen LogP contribution in [0.3, 0.4) is 0 Å². The lowest BCUT2D eigenvalue weighted by molar-refractivity contribution is 0.184. The molecule has 4 aromatic rings. The first-order valence-electron chi connectivity index (χ1n) is 10.1. The Morgan fingerprint density at radius 2 is 1.59 bits per heavy atom. The molecule has 2 aromatic carbocycles. The van der Waals surface area contributed by atoms with Gasteiger partial charge in [-0.1, -0.05) is 30.3 Å². The summed E-state index contributed by atoms with van der Waals surface area (Å²) < 4.78 is 20.3. The van der Waals surface area contributed by atoms with E-state index in [-0.39, 0.29) is 18.8 Å². The first kappa shape index (κ1) is 21.4. The van der Waals surface area contributed by atoms with Crippen LogP contribution in [0, 0.1) is 0 Å². The third-order valence-corrected chi connectivity index (χ3v) is 5.28. The van der Waals surface area contributed by atoms with E-state index in [1.54, 1.807) is 36.2 Å². The Bertz CT molecular complexity index is 1370. The number of para-hydroxylation sites is 3. The Kier molecular flexibility index (Phi) is 6.09. The van der Waals surface area contributed by atoms with E-state index in [2.05, 4.69) is 4.98 Å². The second kappa shape index (κ2) is 9.11. The van der Waals surface area contributed by atoms with E-state index in [9.17, 15) is 9.59 Å². The van der Waals surface area contributed by atoms with Crippen molar-refractivity contribution in [2.24, 2.45) is 0 Å². The molecule has 0 saturated carbocycles. The van der Waals surface area contributed by atoms with E-state index in [4.69, 9.17) is 14.2 Å². The number of rotatable bonds is 8. The van der Waals surface area contributed by atoms with Gasteiger partial charge < -0.3 is 18.8 Å². The van der Waals surface area contributed by atoms with Crippen LogP contribution in [0.25, 0.3) is 16.9 Å². The monoisotopic (exact) mass is 436 g/mol. The van der Waals surface area contributed by atoms with Crippen LogP contribution in [-0.4, -0.2) is 46.6 Å². The molecule has 0 fully saturated rings. The van der Waals surface area contributed by atoms with Crippen LogP contribution in [0.15, 0.2) is 64.4 Å². The number of hydrogen-bond acceptors (Lipinski definition) is 6. The van der Waals surface area contributed by atoms with Crippen molar-refractivity contribution in [3.8, 4) is 17.2 Å². The number of aromatic nitrogens is 4. The first-order valence-corrected chi connectivity index (χ1v) is 10.1. The third-order valence-electron chi connectivity index (χ3n) is 5.28.